The molecule has 0 saturated carbocycles. The predicted octanol–water partition coefficient (Wildman–Crippen LogP) is 3.45. The van der Waals surface area contributed by atoms with Gasteiger partial charge in [-0.1, -0.05) is 19.8 Å². The second-order valence-corrected chi connectivity index (χ2v) is 3.64. The van der Waals surface area contributed by atoms with Crippen LogP contribution in [0.15, 0.2) is 18.2 Å². The van der Waals surface area contributed by atoms with Gasteiger partial charge in [0.2, 0.25) is 0 Å². The SMILES string of the molecule is CCCC[C@H](N)c1cc(OC)ccc1F.Cl. The summed E-state index contributed by atoms with van der Waals surface area (Å²) in [5.74, 6) is 0.401. The normalized spacial score (nSPS) is 11.8. The summed E-state index contributed by atoms with van der Waals surface area (Å²) in [6.07, 6.45) is 2.89. The van der Waals surface area contributed by atoms with Crippen molar-refractivity contribution in [1.82, 2.24) is 0 Å². The smallest absolute Gasteiger partial charge is 0.128 e. The molecule has 0 saturated heterocycles. The fourth-order valence-corrected chi connectivity index (χ4v) is 1.51. The van der Waals surface area contributed by atoms with E-state index in [0.29, 0.717) is 11.3 Å². The molecule has 0 unspecified atom stereocenters. The Hall–Kier alpha value is -0.800. The molecule has 0 aromatic heterocycles. The first-order valence-corrected chi connectivity index (χ1v) is 5.28. The van der Waals surface area contributed by atoms with Gasteiger partial charge in [-0.05, 0) is 24.6 Å². The summed E-state index contributed by atoms with van der Waals surface area (Å²) in [5.41, 5.74) is 6.45. The fraction of sp³-hybridized carbons (Fsp3) is 0.500. The molecule has 16 heavy (non-hydrogen) atoms. The van der Waals surface area contributed by atoms with Crippen molar-refractivity contribution in [3.05, 3.63) is 29.6 Å². The largest absolute Gasteiger partial charge is 0.497 e. The van der Waals surface area contributed by atoms with Gasteiger partial charge in [-0.25, -0.2) is 4.39 Å². The van der Waals surface area contributed by atoms with Crippen LogP contribution < -0.4 is 10.5 Å². The monoisotopic (exact) mass is 247 g/mol. The van der Waals surface area contributed by atoms with Crippen LogP contribution in [-0.2, 0) is 0 Å². The number of rotatable bonds is 5. The molecular formula is C12H19ClFNO. The Morgan fingerprint density at radius 2 is 2.12 bits per heavy atom. The molecule has 0 aliphatic heterocycles. The van der Waals surface area contributed by atoms with Crippen molar-refractivity contribution in [3.8, 4) is 5.75 Å². The second-order valence-electron chi connectivity index (χ2n) is 3.64. The molecule has 0 radical (unpaired) electrons. The van der Waals surface area contributed by atoms with Crippen LogP contribution in [-0.4, -0.2) is 7.11 Å². The molecule has 0 fully saturated rings. The number of hydrogen-bond donors (Lipinski definition) is 1. The number of halogens is 2. The lowest BCUT2D eigenvalue weighted by Crippen LogP contribution is -2.12. The lowest BCUT2D eigenvalue weighted by Gasteiger charge is -2.13. The Kier molecular flexibility index (Phi) is 7.10. The highest BCUT2D eigenvalue weighted by molar-refractivity contribution is 5.85. The van der Waals surface area contributed by atoms with E-state index in [1.165, 1.54) is 6.07 Å². The minimum atomic E-state index is -0.251. The maximum absolute atomic E-state index is 13.4. The van der Waals surface area contributed by atoms with Crippen LogP contribution >= 0.6 is 12.4 Å². The Morgan fingerprint density at radius 1 is 1.44 bits per heavy atom. The van der Waals surface area contributed by atoms with Gasteiger partial charge in [0, 0.05) is 11.6 Å². The van der Waals surface area contributed by atoms with Gasteiger partial charge in [-0.15, -0.1) is 12.4 Å². The van der Waals surface area contributed by atoms with Crippen LogP contribution in [0, 0.1) is 5.82 Å². The number of ether oxygens (including phenoxy) is 1. The highest BCUT2D eigenvalue weighted by atomic mass is 35.5. The molecule has 2 nitrogen and oxygen atoms in total. The van der Waals surface area contributed by atoms with Crippen LogP contribution in [0.2, 0.25) is 0 Å². The molecule has 0 aliphatic carbocycles. The molecule has 0 heterocycles. The van der Waals surface area contributed by atoms with E-state index >= 15 is 0 Å². The topological polar surface area (TPSA) is 35.2 Å². The minimum Gasteiger partial charge on any atom is -0.497 e. The third-order valence-electron chi connectivity index (χ3n) is 2.47. The summed E-state index contributed by atoms with van der Waals surface area (Å²) in [6.45, 7) is 2.09. The maximum atomic E-state index is 13.4. The second kappa shape index (κ2) is 7.47. The molecule has 1 aromatic carbocycles. The molecule has 0 bridgehead atoms. The zero-order valence-electron chi connectivity index (χ0n) is 9.70. The minimum absolute atomic E-state index is 0. The van der Waals surface area contributed by atoms with E-state index in [9.17, 15) is 4.39 Å². The highest BCUT2D eigenvalue weighted by Crippen LogP contribution is 2.24. The highest BCUT2D eigenvalue weighted by Gasteiger charge is 2.11. The number of unbranched alkanes of at least 4 members (excludes halogenated alkanes) is 1. The molecule has 4 heteroatoms. The Morgan fingerprint density at radius 3 is 2.69 bits per heavy atom. The third kappa shape index (κ3) is 3.99. The van der Waals surface area contributed by atoms with Crippen molar-refractivity contribution in [2.75, 3.05) is 7.11 Å². The van der Waals surface area contributed by atoms with E-state index < -0.39 is 0 Å². The van der Waals surface area contributed by atoms with E-state index in [-0.39, 0.29) is 24.3 Å². The quantitative estimate of drug-likeness (QED) is 0.865. The number of hydrogen-bond acceptors (Lipinski definition) is 2. The summed E-state index contributed by atoms with van der Waals surface area (Å²) in [6, 6.07) is 4.45. The lowest BCUT2D eigenvalue weighted by molar-refractivity contribution is 0.411. The van der Waals surface area contributed by atoms with Crippen molar-refractivity contribution < 1.29 is 9.13 Å². The van der Waals surface area contributed by atoms with Gasteiger partial charge in [0.05, 0.1) is 7.11 Å². The number of methoxy groups -OCH3 is 1. The molecule has 2 N–H and O–H groups in total. The molecule has 0 spiro atoms. The Balaban J connectivity index is 0.00000225. The van der Waals surface area contributed by atoms with Gasteiger partial charge >= 0.3 is 0 Å². The molecule has 0 aliphatic rings. The summed E-state index contributed by atoms with van der Waals surface area (Å²) >= 11 is 0. The zero-order valence-corrected chi connectivity index (χ0v) is 10.5. The van der Waals surface area contributed by atoms with Crippen molar-refractivity contribution in [3.63, 3.8) is 0 Å². The maximum Gasteiger partial charge on any atom is 0.128 e. The van der Waals surface area contributed by atoms with Crippen molar-refractivity contribution >= 4 is 12.4 Å². The number of benzene rings is 1. The van der Waals surface area contributed by atoms with Crippen LogP contribution in [0.4, 0.5) is 4.39 Å². The predicted molar refractivity (Wildman–Crippen MR) is 66.7 cm³/mol. The summed E-state index contributed by atoms with van der Waals surface area (Å²) in [5, 5.41) is 0. The van der Waals surface area contributed by atoms with Gasteiger partial charge in [0.15, 0.2) is 0 Å². The van der Waals surface area contributed by atoms with Crippen molar-refractivity contribution in [2.45, 2.75) is 32.2 Å². The fourth-order valence-electron chi connectivity index (χ4n) is 1.51. The van der Waals surface area contributed by atoms with Crippen LogP contribution in [0.1, 0.15) is 37.8 Å². The van der Waals surface area contributed by atoms with Crippen molar-refractivity contribution in [2.24, 2.45) is 5.73 Å². The van der Waals surface area contributed by atoms with Crippen molar-refractivity contribution in [1.29, 1.82) is 0 Å². The lowest BCUT2D eigenvalue weighted by atomic mass is 10.0. The van der Waals surface area contributed by atoms with E-state index in [1.807, 2.05) is 0 Å². The van der Waals surface area contributed by atoms with E-state index in [4.69, 9.17) is 10.5 Å². The average molecular weight is 248 g/mol. The van der Waals surface area contributed by atoms with Gasteiger partial charge in [0.1, 0.15) is 11.6 Å². The molecule has 1 rings (SSSR count). The molecule has 1 atom stereocenters. The molecule has 92 valence electrons. The van der Waals surface area contributed by atoms with E-state index in [0.717, 1.165) is 19.3 Å². The van der Waals surface area contributed by atoms with Crippen LogP contribution in [0.25, 0.3) is 0 Å². The van der Waals surface area contributed by atoms with Gasteiger partial charge in [-0.2, -0.15) is 0 Å². The van der Waals surface area contributed by atoms with Crippen LogP contribution in [0.5, 0.6) is 5.75 Å². The summed E-state index contributed by atoms with van der Waals surface area (Å²) in [4.78, 5) is 0. The molecule has 0 amide bonds. The first kappa shape index (κ1) is 15.2. The number of nitrogens with two attached hydrogens (primary N) is 1. The van der Waals surface area contributed by atoms with Gasteiger partial charge < -0.3 is 10.5 Å². The Labute approximate surface area is 102 Å². The molecular weight excluding hydrogens is 229 g/mol. The summed E-state index contributed by atoms with van der Waals surface area (Å²) in [7, 11) is 1.56. The standard InChI is InChI=1S/C12H18FNO.ClH/c1-3-4-5-12(14)10-8-9(15-2)6-7-11(10)13;/h6-8,12H,3-5,14H2,1-2H3;1H/t12-;/m0./s1. The summed E-state index contributed by atoms with van der Waals surface area (Å²) < 4.78 is 18.5. The Bertz CT molecular complexity index is 320. The van der Waals surface area contributed by atoms with Gasteiger partial charge in [0.25, 0.3) is 0 Å². The average Bonchev–Trinajstić information content (AvgIpc) is 2.26. The first-order valence-electron chi connectivity index (χ1n) is 5.28. The van der Waals surface area contributed by atoms with E-state index in [1.54, 1.807) is 19.2 Å². The van der Waals surface area contributed by atoms with Gasteiger partial charge in [-0.3, -0.25) is 0 Å². The molecule has 1 aromatic rings. The van der Waals surface area contributed by atoms with E-state index in [2.05, 4.69) is 6.92 Å². The van der Waals surface area contributed by atoms with Crippen LogP contribution in [0.3, 0.4) is 0 Å². The first-order chi connectivity index (χ1) is 7.19. The zero-order chi connectivity index (χ0) is 11.3. The third-order valence-corrected chi connectivity index (χ3v) is 2.47.